The monoisotopic (exact) mass is 585 g/mol. The lowest BCUT2D eigenvalue weighted by atomic mass is 10.2. The number of fused-ring (bicyclic) bond motifs is 1. The summed E-state index contributed by atoms with van der Waals surface area (Å²) in [7, 11) is 0. The molecular weight excluding hydrogens is 569 g/mol. The van der Waals surface area contributed by atoms with Crippen LogP contribution in [-0.4, -0.2) is 35.7 Å². The summed E-state index contributed by atoms with van der Waals surface area (Å²) in [5.41, 5.74) is -0.154. The van der Waals surface area contributed by atoms with Gasteiger partial charge in [0.25, 0.3) is 0 Å². The first-order valence-electron chi connectivity index (χ1n) is 10.2. The van der Waals surface area contributed by atoms with Crippen molar-refractivity contribution in [3.8, 4) is 5.75 Å². The highest BCUT2D eigenvalue weighted by Gasteiger charge is 2.17. The van der Waals surface area contributed by atoms with Gasteiger partial charge < -0.3 is 19.2 Å². The predicted molar refractivity (Wildman–Crippen MR) is 136 cm³/mol. The fourth-order valence-corrected chi connectivity index (χ4v) is 3.92. The zero-order valence-corrected chi connectivity index (χ0v) is 21.0. The molecule has 3 rings (SSSR count). The Bertz CT molecular complexity index is 1340. The molecule has 1 N–H and O–H groups in total. The third-order valence-corrected chi connectivity index (χ3v) is 5.56. The Labute approximate surface area is 217 Å². The quantitative estimate of drug-likeness (QED) is 0.125. The van der Waals surface area contributed by atoms with Gasteiger partial charge in [-0.3, -0.25) is 14.9 Å². The lowest BCUT2D eigenvalue weighted by Crippen LogP contribution is -2.08. The molecule has 0 radical (unpaired) electrons. The van der Waals surface area contributed by atoms with Gasteiger partial charge in [0.15, 0.2) is 5.58 Å². The van der Waals surface area contributed by atoms with Gasteiger partial charge in [-0.1, -0.05) is 49.4 Å². The minimum Gasteiger partial charge on any atom is -0.502 e. The Morgan fingerprint density at radius 3 is 2.37 bits per heavy atom. The molecule has 1 aromatic heterocycles. The van der Waals surface area contributed by atoms with E-state index < -0.39 is 16.4 Å². The van der Waals surface area contributed by atoms with Crippen molar-refractivity contribution in [2.75, 3.05) is 13.2 Å². The highest BCUT2D eigenvalue weighted by Crippen LogP contribution is 2.32. The molecule has 184 valence electrons. The van der Waals surface area contributed by atoms with Crippen molar-refractivity contribution in [2.24, 2.45) is 10.3 Å². The lowest BCUT2D eigenvalue weighted by molar-refractivity contribution is -0.385. The van der Waals surface area contributed by atoms with Crippen LogP contribution < -0.4 is 5.43 Å². The molecule has 0 aliphatic rings. The van der Waals surface area contributed by atoms with E-state index >= 15 is 0 Å². The first-order valence-corrected chi connectivity index (χ1v) is 11.7. The molecule has 0 bridgehead atoms. The normalized spacial score (nSPS) is 11.5. The molecule has 0 saturated carbocycles. The van der Waals surface area contributed by atoms with Gasteiger partial charge in [-0.25, -0.2) is 0 Å². The van der Waals surface area contributed by atoms with E-state index in [0.29, 0.717) is 35.6 Å². The van der Waals surface area contributed by atoms with Crippen LogP contribution in [0.25, 0.3) is 11.0 Å². The zero-order valence-electron chi connectivity index (χ0n) is 17.9. The summed E-state index contributed by atoms with van der Waals surface area (Å²) in [4.78, 5) is 33.0. The van der Waals surface area contributed by atoms with Crippen molar-refractivity contribution in [2.45, 2.75) is 19.3 Å². The molecule has 0 fully saturated rings. The molecule has 1 heterocycles. The number of oxime groups is 2. The summed E-state index contributed by atoms with van der Waals surface area (Å²) in [5.74, 6) is -0.489. The van der Waals surface area contributed by atoms with Crippen LogP contribution in [-0.2, 0) is 9.68 Å². The molecule has 0 atom stereocenters. The number of rotatable bonds is 11. The minimum absolute atomic E-state index is 0.156. The maximum absolute atomic E-state index is 12.5. The van der Waals surface area contributed by atoms with Crippen molar-refractivity contribution in [1.82, 2.24) is 0 Å². The van der Waals surface area contributed by atoms with Gasteiger partial charge in [0.1, 0.15) is 19.5 Å². The van der Waals surface area contributed by atoms with E-state index in [1.807, 2.05) is 0 Å². The second kappa shape index (κ2) is 12.5. The van der Waals surface area contributed by atoms with E-state index in [1.165, 1.54) is 43.0 Å². The predicted octanol–water partition coefficient (Wildman–Crippen LogP) is 6.05. The fourth-order valence-electron chi connectivity index (χ4n) is 2.92. The summed E-state index contributed by atoms with van der Waals surface area (Å²) >= 11 is 15.1. The highest BCUT2D eigenvalue weighted by atomic mass is 79.9. The summed E-state index contributed by atoms with van der Waals surface area (Å²) in [6.45, 7) is 0.631. The smallest absolute Gasteiger partial charge is 0.312 e. The van der Waals surface area contributed by atoms with Crippen molar-refractivity contribution >= 4 is 68.2 Å². The molecule has 0 spiro atoms. The maximum atomic E-state index is 12.5. The van der Waals surface area contributed by atoms with E-state index in [9.17, 15) is 20.0 Å². The van der Waals surface area contributed by atoms with Crippen molar-refractivity contribution < 1.29 is 24.1 Å². The lowest BCUT2D eigenvalue weighted by Gasteiger charge is -2.03. The van der Waals surface area contributed by atoms with Gasteiger partial charge in [0.2, 0.25) is 11.2 Å². The molecule has 0 aliphatic heterocycles. The van der Waals surface area contributed by atoms with Crippen molar-refractivity contribution in [1.29, 1.82) is 0 Å². The van der Waals surface area contributed by atoms with Crippen LogP contribution >= 0.6 is 39.1 Å². The molecule has 35 heavy (non-hydrogen) atoms. The number of nitro benzene ring substituents is 1. The van der Waals surface area contributed by atoms with Crippen LogP contribution in [0.2, 0.25) is 10.0 Å². The average molecular weight is 587 g/mol. The topological polar surface area (TPSA) is 137 Å². The van der Waals surface area contributed by atoms with Gasteiger partial charge in [-0.05, 0) is 37.5 Å². The number of hydrogen-bond donors (Lipinski definition) is 1. The Kier molecular flexibility index (Phi) is 9.47. The number of phenols is 1. The number of unbranched alkanes of at least 4 members (excludes halogenated alkanes) is 2. The van der Waals surface area contributed by atoms with E-state index in [0.717, 1.165) is 6.42 Å². The molecule has 0 saturated heterocycles. The van der Waals surface area contributed by atoms with Crippen LogP contribution in [0.4, 0.5) is 5.69 Å². The Hall–Kier alpha value is -3.15. The largest absolute Gasteiger partial charge is 0.502 e. The summed E-state index contributed by atoms with van der Waals surface area (Å²) in [5, 5.41) is 29.2. The Morgan fingerprint density at radius 1 is 1.06 bits per heavy atom. The summed E-state index contributed by atoms with van der Waals surface area (Å²) in [6.07, 6.45) is 5.83. The summed E-state index contributed by atoms with van der Waals surface area (Å²) < 4.78 is 5.83. The molecule has 0 unspecified atom stereocenters. The van der Waals surface area contributed by atoms with Crippen LogP contribution in [0.5, 0.6) is 5.75 Å². The van der Waals surface area contributed by atoms with Gasteiger partial charge in [-0.2, -0.15) is 0 Å². The molecule has 2 aromatic carbocycles. The van der Waals surface area contributed by atoms with Crippen LogP contribution in [0.15, 0.2) is 54.5 Å². The van der Waals surface area contributed by atoms with Gasteiger partial charge >= 0.3 is 5.69 Å². The van der Waals surface area contributed by atoms with Gasteiger partial charge in [0, 0.05) is 21.1 Å². The number of aromatic hydroxyl groups is 1. The SMILES string of the molecule is O=c1c(/C=N/OCCCCCO/N=C/c2cc(Br)cc([N+](=O)[O-])c2O)coc2c(Cl)cc(Cl)cc12. The molecule has 0 amide bonds. The molecule has 10 nitrogen and oxygen atoms in total. The van der Waals surface area contributed by atoms with Gasteiger partial charge in [0.05, 0.1) is 33.3 Å². The Morgan fingerprint density at radius 2 is 1.71 bits per heavy atom. The number of halogens is 3. The molecule has 3 aromatic rings. The number of benzene rings is 2. The standard InChI is InChI=1S/C22H18BrCl2N3O7/c23-15-6-13(21(30)19(7-15)28(31)32)10-26-34-4-2-1-3-5-35-27-11-14-12-33-22-17(20(14)29)8-16(24)9-18(22)25/h6-12,30H,1-5H2/b26-10+,27-11+. The van der Waals surface area contributed by atoms with Crippen LogP contribution in [0.3, 0.4) is 0 Å². The van der Waals surface area contributed by atoms with Crippen molar-refractivity contribution in [3.05, 3.63) is 76.5 Å². The molecule has 0 aliphatic carbocycles. The van der Waals surface area contributed by atoms with E-state index in [4.69, 9.17) is 37.3 Å². The van der Waals surface area contributed by atoms with Crippen molar-refractivity contribution in [3.63, 3.8) is 0 Å². The number of nitro groups is 1. The highest BCUT2D eigenvalue weighted by molar-refractivity contribution is 9.10. The maximum Gasteiger partial charge on any atom is 0.312 e. The van der Waals surface area contributed by atoms with Crippen LogP contribution in [0.1, 0.15) is 30.4 Å². The molecule has 13 heteroatoms. The average Bonchev–Trinajstić information content (AvgIpc) is 2.80. The Balaban J connectivity index is 1.37. The van der Waals surface area contributed by atoms with Crippen LogP contribution in [0, 0.1) is 10.1 Å². The first-order chi connectivity index (χ1) is 16.8. The van der Waals surface area contributed by atoms with Gasteiger partial charge in [-0.15, -0.1) is 0 Å². The number of phenolic OH excluding ortho intramolecular Hbond substituents is 1. The fraction of sp³-hybridized carbons (Fsp3) is 0.227. The zero-order chi connectivity index (χ0) is 25.4. The number of nitrogens with zero attached hydrogens (tertiary/aromatic N) is 3. The second-order valence-corrected chi connectivity index (χ2v) is 8.86. The number of hydrogen-bond acceptors (Lipinski definition) is 9. The third-order valence-electron chi connectivity index (χ3n) is 4.60. The first kappa shape index (κ1) is 26.5. The second-order valence-electron chi connectivity index (χ2n) is 7.10. The minimum atomic E-state index is -0.687. The van der Waals surface area contributed by atoms with E-state index in [-0.39, 0.29) is 32.5 Å². The van der Waals surface area contributed by atoms with E-state index in [2.05, 4.69) is 26.2 Å². The third kappa shape index (κ3) is 7.17. The molecular formula is C22H18BrCl2N3O7. The van der Waals surface area contributed by atoms with E-state index in [1.54, 1.807) is 0 Å². The summed E-state index contributed by atoms with van der Waals surface area (Å²) in [6, 6.07) is 5.65.